The van der Waals surface area contributed by atoms with Crippen LogP contribution in [0.3, 0.4) is 0 Å². The fraction of sp³-hybridized carbons (Fsp3) is 0.370. The van der Waals surface area contributed by atoms with Crippen LogP contribution in [0.5, 0.6) is 0 Å². The summed E-state index contributed by atoms with van der Waals surface area (Å²) in [5, 5.41) is 3.55. The molecule has 0 saturated carbocycles. The number of dihydropyridines is 1. The minimum atomic E-state index is -0.923. The molecular formula is C27H30Cl2N2O7. The fourth-order valence-corrected chi connectivity index (χ4v) is 4.60. The number of hydrogen-bond donors (Lipinski definition) is 1. The molecule has 0 saturated heterocycles. The van der Waals surface area contributed by atoms with Gasteiger partial charge in [-0.15, -0.1) is 0 Å². The van der Waals surface area contributed by atoms with Crippen LogP contribution < -0.4 is 5.32 Å². The number of rotatable bonds is 10. The highest BCUT2D eigenvalue weighted by molar-refractivity contribution is 6.42. The van der Waals surface area contributed by atoms with Crippen LogP contribution in [0.2, 0.25) is 10.0 Å². The highest BCUT2D eigenvalue weighted by Gasteiger charge is 2.40. The van der Waals surface area contributed by atoms with Gasteiger partial charge in [0.05, 0.1) is 65.3 Å². The molecule has 0 spiro atoms. The third-order valence-corrected chi connectivity index (χ3v) is 6.68. The second-order valence-electron chi connectivity index (χ2n) is 8.44. The molecule has 9 nitrogen and oxygen atoms in total. The van der Waals surface area contributed by atoms with Gasteiger partial charge in [-0.2, -0.15) is 0 Å². The Morgan fingerprint density at radius 2 is 1.84 bits per heavy atom. The lowest BCUT2D eigenvalue weighted by Gasteiger charge is -2.31. The van der Waals surface area contributed by atoms with Gasteiger partial charge in [-0.1, -0.05) is 41.4 Å². The summed E-state index contributed by atoms with van der Waals surface area (Å²) in [6.07, 6.45) is 5.93. The Morgan fingerprint density at radius 1 is 1.08 bits per heavy atom. The first-order valence-corrected chi connectivity index (χ1v) is 12.7. The van der Waals surface area contributed by atoms with Crippen LogP contribution in [-0.2, 0) is 33.3 Å². The van der Waals surface area contributed by atoms with Crippen molar-refractivity contribution < 1.29 is 33.3 Å². The number of carbonyl (C=O) groups excluding carboxylic acids is 3. The molecule has 2 aliphatic rings. The Balaban J connectivity index is 1.85. The van der Waals surface area contributed by atoms with E-state index in [0.29, 0.717) is 29.0 Å². The van der Waals surface area contributed by atoms with Gasteiger partial charge in [-0.3, -0.25) is 0 Å². The maximum Gasteiger partial charge on any atom is 0.336 e. The van der Waals surface area contributed by atoms with Crippen molar-refractivity contribution >= 4 is 41.1 Å². The predicted molar refractivity (Wildman–Crippen MR) is 142 cm³/mol. The number of nitrogens with one attached hydrogen (secondary N) is 1. The Morgan fingerprint density at radius 3 is 2.53 bits per heavy atom. The molecule has 3 rings (SSSR count). The van der Waals surface area contributed by atoms with Gasteiger partial charge in [0.2, 0.25) is 0 Å². The highest BCUT2D eigenvalue weighted by Crippen LogP contribution is 2.43. The van der Waals surface area contributed by atoms with Crippen LogP contribution in [0, 0.1) is 0 Å². The van der Waals surface area contributed by atoms with Crippen LogP contribution in [-0.4, -0.2) is 63.4 Å². The maximum atomic E-state index is 13.2. The number of methoxy groups -OCH3 is 1. The van der Waals surface area contributed by atoms with Crippen molar-refractivity contribution in [1.82, 2.24) is 10.2 Å². The molecule has 0 amide bonds. The molecule has 204 valence electrons. The molecule has 1 N–H and O–H groups in total. The van der Waals surface area contributed by atoms with Gasteiger partial charge >= 0.3 is 17.9 Å². The minimum absolute atomic E-state index is 0.0113. The lowest BCUT2D eigenvalue weighted by atomic mass is 9.80. The Bertz CT molecular complexity index is 1220. The van der Waals surface area contributed by atoms with E-state index in [-0.39, 0.29) is 47.6 Å². The van der Waals surface area contributed by atoms with Crippen molar-refractivity contribution in [2.24, 2.45) is 0 Å². The number of carbonyl (C=O) groups is 3. The van der Waals surface area contributed by atoms with Crippen molar-refractivity contribution in [3.05, 3.63) is 80.4 Å². The summed E-state index contributed by atoms with van der Waals surface area (Å²) >= 11 is 12.8. The predicted octanol–water partition coefficient (Wildman–Crippen LogP) is 4.24. The fourth-order valence-electron chi connectivity index (χ4n) is 4.18. The standard InChI is InChI=1S/C27H30Cl2N2O7/c1-5-37-27(34)23-20(15-36-12-13-38-25(32)17-8-7-11-31(3)14-17)30-16(2)21(26(33)35-4)22(23)18-9-6-10-19(28)24(18)29/h6-7,9-11,14,22,30H,5,8,12-13,15H2,1-4H3. The zero-order valence-corrected chi connectivity index (χ0v) is 23.1. The molecule has 2 aliphatic heterocycles. The van der Waals surface area contributed by atoms with Gasteiger partial charge in [0.15, 0.2) is 0 Å². The number of benzene rings is 1. The summed E-state index contributed by atoms with van der Waals surface area (Å²) in [5.74, 6) is -2.64. The molecule has 1 aromatic rings. The van der Waals surface area contributed by atoms with Crippen molar-refractivity contribution in [3.63, 3.8) is 0 Å². The topological polar surface area (TPSA) is 103 Å². The quantitative estimate of drug-likeness (QED) is 0.254. The maximum absolute atomic E-state index is 13.2. The van der Waals surface area contributed by atoms with Crippen LogP contribution in [0.1, 0.15) is 31.7 Å². The van der Waals surface area contributed by atoms with E-state index in [4.69, 9.17) is 42.1 Å². The van der Waals surface area contributed by atoms with E-state index in [1.165, 1.54) is 7.11 Å². The van der Waals surface area contributed by atoms with E-state index in [2.05, 4.69) is 5.32 Å². The molecule has 0 radical (unpaired) electrons. The van der Waals surface area contributed by atoms with Crippen molar-refractivity contribution in [2.75, 3.05) is 40.6 Å². The minimum Gasteiger partial charge on any atom is -0.466 e. The van der Waals surface area contributed by atoms with Crippen molar-refractivity contribution in [1.29, 1.82) is 0 Å². The highest BCUT2D eigenvalue weighted by atomic mass is 35.5. The van der Waals surface area contributed by atoms with E-state index in [1.807, 2.05) is 19.3 Å². The van der Waals surface area contributed by atoms with E-state index in [9.17, 15) is 14.4 Å². The molecule has 2 heterocycles. The second-order valence-corrected chi connectivity index (χ2v) is 9.23. The van der Waals surface area contributed by atoms with Gasteiger partial charge in [-0.05, 0) is 31.7 Å². The Hall–Kier alpha value is -3.27. The van der Waals surface area contributed by atoms with E-state index >= 15 is 0 Å². The van der Waals surface area contributed by atoms with E-state index in [1.54, 1.807) is 43.1 Å². The number of nitrogens with zero attached hydrogens (tertiary/aromatic N) is 1. The van der Waals surface area contributed by atoms with Crippen LogP contribution in [0.15, 0.2) is 64.8 Å². The monoisotopic (exact) mass is 564 g/mol. The van der Waals surface area contributed by atoms with Gasteiger partial charge in [0.25, 0.3) is 0 Å². The molecule has 1 atom stereocenters. The van der Waals surface area contributed by atoms with Crippen molar-refractivity contribution in [3.8, 4) is 0 Å². The first-order valence-electron chi connectivity index (χ1n) is 11.9. The van der Waals surface area contributed by atoms with Gasteiger partial charge in [0.1, 0.15) is 6.61 Å². The van der Waals surface area contributed by atoms with Crippen LogP contribution in [0.25, 0.3) is 0 Å². The zero-order chi connectivity index (χ0) is 27.8. The Kier molecular flexibility index (Phi) is 10.4. The summed E-state index contributed by atoms with van der Waals surface area (Å²) in [4.78, 5) is 40.1. The average Bonchev–Trinajstić information content (AvgIpc) is 2.89. The van der Waals surface area contributed by atoms with Gasteiger partial charge in [-0.25, -0.2) is 14.4 Å². The molecule has 0 aliphatic carbocycles. The second kappa shape index (κ2) is 13.5. The van der Waals surface area contributed by atoms with Crippen molar-refractivity contribution in [2.45, 2.75) is 26.2 Å². The molecule has 38 heavy (non-hydrogen) atoms. The Labute approximate surface area is 231 Å². The molecule has 1 aromatic carbocycles. The summed E-state index contributed by atoms with van der Waals surface area (Å²) in [7, 11) is 3.08. The molecule has 0 bridgehead atoms. The SMILES string of the molecule is CCOC(=O)C1=C(COCCOC(=O)C2=CN(C)C=CC2)NC(C)=C(C(=O)OC)C1c1cccc(Cl)c1Cl. The average molecular weight is 565 g/mol. The lowest BCUT2D eigenvalue weighted by Crippen LogP contribution is -2.35. The first kappa shape index (κ1) is 29.3. The molecular weight excluding hydrogens is 535 g/mol. The van der Waals surface area contributed by atoms with Gasteiger partial charge < -0.3 is 29.2 Å². The number of allylic oxidation sites excluding steroid dienone is 2. The number of hydrogen-bond acceptors (Lipinski definition) is 9. The number of ether oxygens (including phenoxy) is 4. The molecule has 0 fully saturated rings. The summed E-state index contributed by atoms with van der Waals surface area (Å²) in [6.45, 7) is 3.50. The third-order valence-electron chi connectivity index (χ3n) is 5.85. The summed E-state index contributed by atoms with van der Waals surface area (Å²) < 4.78 is 21.4. The van der Waals surface area contributed by atoms with E-state index < -0.39 is 23.8 Å². The van der Waals surface area contributed by atoms with Crippen LogP contribution >= 0.6 is 23.2 Å². The molecule has 11 heteroatoms. The summed E-state index contributed by atoms with van der Waals surface area (Å²) in [6, 6.07) is 4.97. The number of esters is 3. The van der Waals surface area contributed by atoms with Crippen LogP contribution in [0.4, 0.5) is 0 Å². The normalized spacial score (nSPS) is 17.2. The van der Waals surface area contributed by atoms with Gasteiger partial charge in [0, 0.05) is 25.4 Å². The smallest absolute Gasteiger partial charge is 0.336 e. The molecule has 1 unspecified atom stereocenters. The largest absolute Gasteiger partial charge is 0.466 e. The summed E-state index contributed by atoms with van der Waals surface area (Å²) in [5.41, 5.74) is 2.14. The first-order chi connectivity index (χ1) is 18.2. The van der Waals surface area contributed by atoms with E-state index in [0.717, 1.165) is 0 Å². The lowest BCUT2D eigenvalue weighted by molar-refractivity contribution is -0.141. The third kappa shape index (κ3) is 6.78. The number of halogens is 2. The zero-order valence-electron chi connectivity index (χ0n) is 21.6. The molecule has 0 aromatic heterocycles.